The highest BCUT2D eigenvalue weighted by atomic mass is 32.1. The molecule has 3 rings (SSSR count). The molecule has 0 bridgehead atoms. The number of hydrogen-bond donors (Lipinski definition) is 1. The van der Waals surface area contributed by atoms with Gasteiger partial charge in [0.1, 0.15) is 0 Å². The summed E-state index contributed by atoms with van der Waals surface area (Å²) in [7, 11) is 0. The maximum Gasteiger partial charge on any atom is 0.0962 e. The van der Waals surface area contributed by atoms with Crippen LogP contribution >= 0.6 is 11.3 Å². The zero-order valence-corrected chi connectivity index (χ0v) is 10.4. The fourth-order valence-corrected chi connectivity index (χ4v) is 3.96. The number of fused-ring (bicyclic) bond motifs is 1. The van der Waals surface area contributed by atoms with E-state index in [-0.39, 0.29) is 0 Å². The first-order valence-electron chi connectivity index (χ1n) is 6.26. The molecule has 1 saturated heterocycles. The summed E-state index contributed by atoms with van der Waals surface area (Å²) in [5, 5.41) is 10.3. The Hall–Kier alpha value is -0.830. The lowest BCUT2D eigenvalue weighted by molar-refractivity contribution is 0.258. The molecule has 0 radical (unpaired) electrons. The number of hydrogen-bond acceptors (Lipinski definition) is 2. The van der Waals surface area contributed by atoms with Crippen molar-refractivity contribution in [1.82, 2.24) is 4.90 Å². The number of piperidine rings is 1. The Balaban J connectivity index is 1.88. The number of aryl methyl sites for hydroxylation is 1. The Bertz CT molecular complexity index is 396. The van der Waals surface area contributed by atoms with Gasteiger partial charge in [-0.15, -0.1) is 11.3 Å². The predicted molar refractivity (Wildman–Crippen MR) is 68.3 cm³/mol. The topological polar surface area (TPSA) is 27.1 Å². The summed E-state index contributed by atoms with van der Waals surface area (Å²) in [4.78, 5) is 3.92. The second-order valence-electron chi connectivity index (χ2n) is 4.80. The Morgan fingerprint density at radius 3 is 3.06 bits per heavy atom. The van der Waals surface area contributed by atoms with Crippen molar-refractivity contribution in [1.29, 1.82) is 5.41 Å². The highest BCUT2D eigenvalue weighted by Crippen LogP contribution is 2.38. The summed E-state index contributed by atoms with van der Waals surface area (Å²) in [6.07, 6.45) is 7.24. The van der Waals surface area contributed by atoms with Crippen molar-refractivity contribution >= 4 is 17.2 Å². The standard InChI is InChI=1S/C13H18N2S/c14-13-6-1-2-8-15(13)11-4-3-5-12-10(11)7-9-16-12/h7,9,11,14H,1-6,8H2. The van der Waals surface area contributed by atoms with Gasteiger partial charge in [0.15, 0.2) is 0 Å². The van der Waals surface area contributed by atoms with Gasteiger partial charge in [0.2, 0.25) is 0 Å². The molecule has 0 spiro atoms. The van der Waals surface area contributed by atoms with E-state index in [9.17, 15) is 0 Å². The van der Waals surface area contributed by atoms with E-state index in [1.54, 1.807) is 4.88 Å². The van der Waals surface area contributed by atoms with Gasteiger partial charge in [0.25, 0.3) is 0 Å². The molecule has 1 fully saturated rings. The average molecular weight is 234 g/mol. The molecule has 1 aliphatic carbocycles. The first kappa shape index (κ1) is 10.3. The zero-order chi connectivity index (χ0) is 11.0. The van der Waals surface area contributed by atoms with Gasteiger partial charge in [-0.2, -0.15) is 0 Å². The van der Waals surface area contributed by atoms with Gasteiger partial charge < -0.3 is 4.90 Å². The predicted octanol–water partition coefficient (Wildman–Crippen LogP) is 3.59. The molecule has 1 aliphatic heterocycles. The molecular formula is C13H18N2S. The summed E-state index contributed by atoms with van der Waals surface area (Å²) in [6.45, 7) is 1.10. The smallest absolute Gasteiger partial charge is 0.0962 e. The summed E-state index contributed by atoms with van der Waals surface area (Å²) < 4.78 is 0. The third kappa shape index (κ3) is 1.67. The molecule has 3 heteroatoms. The second kappa shape index (κ2) is 4.21. The lowest BCUT2D eigenvalue weighted by atomic mass is 9.91. The Morgan fingerprint density at radius 2 is 2.19 bits per heavy atom. The van der Waals surface area contributed by atoms with E-state index in [0.717, 1.165) is 18.8 Å². The van der Waals surface area contributed by atoms with Crippen LogP contribution in [0.5, 0.6) is 0 Å². The molecule has 86 valence electrons. The van der Waals surface area contributed by atoms with Gasteiger partial charge in [-0.1, -0.05) is 0 Å². The van der Waals surface area contributed by atoms with Gasteiger partial charge in [0.05, 0.1) is 11.9 Å². The normalized spacial score (nSPS) is 25.6. The van der Waals surface area contributed by atoms with Crippen molar-refractivity contribution in [2.24, 2.45) is 0 Å². The molecule has 16 heavy (non-hydrogen) atoms. The summed E-state index contributed by atoms with van der Waals surface area (Å²) in [6, 6.07) is 2.80. The van der Waals surface area contributed by atoms with E-state index >= 15 is 0 Å². The van der Waals surface area contributed by atoms with Crippen molar-refractivity contribution in [3.63, 3.8) is 0 Å². The molecule has 1 aromatic rings. The molecule has 1 atom stereocenters. The quantitative estimate of drug-likeness (QED) is 0.790. The summed E-state index contributed by atoms with van der Waals surface area (Å²) in [5.41, 5.74) is 1.52. The number of nitrogens with one attached hydrogen (secondary N) is 1. The van der Waals surface area contributed by atoms with Gasteiger partial charge in [-0.05, 0) is 49.1 Å². The van der Waals surface area contributed by atoms with Crippen molar-refractivity contribution in [3.05, 3.63) is 21.9 Å². The van der Waals surface area contributed by atoms with Crippen LogP contribution < -0.4 is 0 Å². The van der Waals surface area contributed by atoms with Crippen LogP contribution in [0.4, 0.5) is 0 Å². The minimum atomic E-state index is 0.516. The average Bonchev–Trinajstić information content (AvgIpc) is 2.77. The number of rotatable bonds is 1. The first-order valence-corrected chi connectivity index (χ1v) is 7.14. The van der Waals surface area contributed by atoms with Crippen LogP contribution in [0.1, 0.15) is 48.6 Å². The van der Waals surface area contributed by atoms with Crippen LogP contribution in [0.25, 0.3) is 0 Å². The van der Waals surface area contributed by atoms with Crippen LogP contribution in [0, 0.1) is 5.41 Å². The molecule has 2 heterocycles. The number of thiophene rings is 1. The summed E-state index contributed by atoms with van der Waals surface area (Å²) >= 11 is 1.90. The molecule has 0 aromatic carbocycles. The third-order valence-electron chi connectivity index (χ3n) is 3.81. The first-order chi connectivity index (χ1) is 7.86. The molecular weight excluding hydrogens is 216 g/mol. The lowest BCUT2D eigenvalue weighted by Gasteiger charge is -2.38. The molecule has 1 unspecified atom stereocenters. The van der Waals surface area contributed by atoms with E-state index in [1.807, 2.05) is 11.3 Å². The minimum Gasteiger partial charge on any atom is -0.353 e. The van der Waals surface area contributed by atoms with Crippen LogP contribution in [-0.4, -0.2) is 17.3 Å². The van der Waals surface area contributed by atoms with Crippen LogP contribution in [0.15, 0.2) is 11.4 Å². The maximum atomic E-state index is 8.11. The van der Waals surface area contributed by atoms with Crippen LogP contribution in [0.3, 0.4) is 0 Å². The highest BCUT2D eigenvalue weighted by Gasteiger charge is 2.29. The molecule has 1 aromatic heterocycles. The Morgan fingerprint density at radius 1 is 1.25 bits per heavy atom. The largest absolute Gasteiger partial charge is 0.353 e. The zero-order valence-electron chi connectivity index (χ0n) is 9.54. The van der Waals surface area contributed by atoms with Crippen molar-refractivity contribution < 1.29 is 0 Å². The number of likely N-dealkylation sites (tertiary alicyclic amines) is 1. The van der Waals surface area contributed by atoms with Crippen molar-refractivity contribution in [2.75, 3.05) is 6.54 Å². The maximum absolute atomic E-state index is 8.11. The third-order valence-corrected chi connectivity index (χ3v) is 4.80. The molecule has 1 N–H and O–H groups in total. The van der Waals surface area contributed by atoms with E-state index in [2.05, 4.69) is 16.3 Å². The summed E-state index contributed by atoms with van der Waals surface area (Å²) in [5.74, 6) is 0.871. The van der Waals surface area contributed by atoms with Crippen molar-refractivity contribution in [3.8, 4) is 0 Å². The van der Waals surface area contributed by atoms with Gasteiger partial charge in [0, 0.05) is 17.8 Å². The lowest BCUT2D eigenvalue weighted by Crippen LogP contribution is -2.39. The number of amidine groups is 1. The van der Waals surface area contributed by atoms with Gasteiger partial charge in [-0.3, -0.25) is 5.41 Å². The van der Waals surface area contributed by atoms with E-state index in [4.69, 9.17) is 5.41 Å². The second-order valence-corrected chi connectivity index (χ2v) is 5.81. The molecule has 2 nitrogen and oxygen atoms in total. The van der Waals surface area contributed by atoms with Crippen LogP contribution in [-0.2, 0) is 6.42 Å². The van der Waals surface area contributed by atoms with E-state index in [0.29, 0.717) is 6.04 Å². The van der Waals surface area contributed by atoms with E-state index < -0.39 is 0 Å². The monoisotopic (exact) mass is 234 g/mol. The van der Waals surface area contributed by atoms with Crippen LogP contribution in [0.2, 0.25) is 0 Å². The SMILES string of the molecule is N=C1CCCCN1C1CCCc2sccc21. The molecule has 0 amide bonds. The van der Waals surface area contributed by atoms with Gasteiger partial charge >= 0.3 is 0 Å². The highest BCUT2D eigenvalue weighted by molar-refractivity contribution is 7.10. The Labute approximate surface area is 101 Å². The molecule has 2 aliphatic rings. The fourth-order valence-electron chi connectivity index (χ4n) is 2.98. The van der Waals surface area contributed by atoms with Gasteiger partial charge in [-0.25, -0.2) is 0 Å². The fraction of sp³-hybridized carbons (Fsp3) is 0.615. The molecule has 0 saturated carbocycles. The minimum absolute atomic E-state index is 0.516. The van der Waals surface area contributed by atoms with E-state index in [1.165, 1.54) is 37.7 Å². The Kier molecular flexibility index (Phi) is 2.72. The number of nitrogens with zero attached hydrogens (tertiary/aromatic N) is 1. The van der Waals surface area contributed by atoms with Crippen molar-refractivity contribution in [2.45, 2.75) is 44.6 Å².